The Hall–Kier alpha value is -2.74. The number of anilines is 2. The molecule has 0 aliphatic rings. The fraction of sp³-hybridized carbons (Fsp3) is 0.286. The molecule has 8 heteroatoms. The molecule has 1 N–H and O–H groups in total. The maximum absolute atomic E-state index is 11.4. The third-order valence-corrected chi connectivity index (χ3v) is 2.94. The minimum Gasteiger partial charge on any atom is -0.349 e. The smallest absolute Gasteiger partial charge is 0.349 e. The lowest BCUT2D eigenvalue weighted by Crippen LogP contribution is -2.24. The Morgan fingerprint density at radius 3 is 2.45 bits per heavy atom. The van der Waals surface area contributed by atoms with Gasteiger partial charge >= 0.3 is 5.69 Å². The van der Waals surface area contributed by atoms with Crippen LogP contribution in [0.3, 0.4) is 0 Å². The van der Waals surface area contributed by atoms with E-state index in [2.05, 4.69) is 15.4 Å². The molecule has 0 bridgehead atoms. The first-order valence-corrected chi connectivity index (χ1v) is 6.67. The maximum atomic E-state index is 11.4. The van der Waals surface area contributed by atoms with Gasteiger partial charge in [0.15, 0.2) is 0 Å². The van der Waals surface area contributed by atoms with Gasteiger partial charge in [-0.25, -0.2) is 15.0 Å². The number of hydrogen-bond acceptors (Lipinski definition) is 7. The van der Waals surface area contributed by atoms with E-state index in [4.69, 9.17) is 0 Å². The summed E-state index contributed by atoms with van der Waals surface area (Å²) >= 11 is 0. The first-order valence-electron chi connectivity index (χ1n) is 6.67. The number of nitrogens with one attached hydrogen (secondary N) is 1. The van der Waals surface area contributed by atoms with E-state index >= 15 is 0 Å². The van der Waals surface area contributed by atoms with Crippen LogP contribution in [0.2, 0.25) is 0 Å². The maximum Gasteiger partial charge on any atom is 0.354 e. The summed E-state index contributed by atoms with van der Waals surface area (Å²) in [5.41, 5.74) is 3.73. The summed E-state index contributed by atoms with van der Waals surface area (Å²) in [5.74, 6) is 0.438. The fourth-order valence-electron chi connectivity index (χ4n) is 2.04. The van der Waals surface area contributed by atoms with Crippen molar-refractivity contribution in [2.24, 2.45) is 0 Å². The Morgan fingerprint density at radius 1 is 1.18 bits per heavy atom. The molecule has 0 spiro atoms. The summed E-state index contributed by atoms with van der Waals surface area (Å²) < 4.78 is 0. The van der Waals surface area contributed by atoms with E-state index in [1.807, 2.05) is 30.3 Å². The lowest BCUT2D eigenvalue weighted by Gasteiger charge is -2.20. The standard InChI is InChI=1S/C14H18N6O2/c1-18(2)17-13-12(20(21)22)14(16-10-15-13)19(3)9-11-7-5-4-6-8-11/h4-8,10H,9H2,1-3H3,(H,15,16,17). The van der Waals surface area contributed by atoms with Crippen LogP contribution in [0.25, 0.3) is 0 Å². The molecule has 0 fully saturated rings. The summed E-state index contributed by atoms with van der Waals surface area (Å²) in [4.78, 5) is 20.7. The topological polar surface area (TPSA) is 87.4 Å². The van der Waals surface area contributed by atoms with Crippen LogP contribution in [0.15, 0.2) is 36.7 Å². The Balaban J connectivity index is 2.35. The summed E-state index contributed by atoms with van der Waals surface area (Å²) in [6, 6.07) is 9.70. The zero-order chi connectivity index (χ0) is 16.1. The van der Waals surface area contributed by atoms with Crippen LogP contribution in [0, 0.1) is 10.1 Å². The van der Waals surface area contributed by atoms with Crippen molar-refractivity contribution >= 4 is 17.3 Å². The van der Waals surface area contributed by atoms with Crippen molar-refractivity contribution < 1.29 is 4.92 Å². The van der Waals surface area contributed by atoms with Gasteiger partial charge < -0.3 is 4.90 Å². The Kier molecular flexibility index (Phi) is 4.84. The molecule has 0 radical (unpaired) electrons. The van der Waals surface area contributed by atoms with Gasteiger partial charge in [-0.3, -0.25) is 15.5 Å². The van der Waals surface area contributed by atoms with Crippen LogP contribution in [-0.2, 0) is 6.54 Å². The minimum atomic E-state index is -0.470. The van der Waals surface area contributed by atoms with Gasteiger partial charge in [0, 0.05) is 27.7 Å². The molecule has 2 aromatic rings. The van der Waals surface area contributed by atoms with E-state index in [9.17, 15) is 10.1 Å². The molecule has 0 aliphatic carbocycles. The molecule has 1 aromatic heterocycles. The number of aromatic nitrogens is 2. The third-order valence-electron chi connectivity index (χ3n) is 2.94. The van der Waals surface area contributed by atoms with Crippen molar-refractivity contribution in [3.63, 3.8) is 0 Å². The fourth-order valence-corrected chi connectivity index (χ4v) is 2.04. The largest absolute Gasteiger partial charge is 0.354 e. The first kappa shape index (κ1) is 15.6. The second-order valence-electron chi connectivity index (χ2n) is 5.00. The minimum absolute atomic E-state index is 0.144. The van der Waals surface area contributed by atoms with Gasteiger partial charge in [-0.15, -0.1) is 0 Å². The van der Waals surface area contributed by atoms with E-state index in [0.717, 1.165) is 5.56 Å². The average Bonchev–Trinajstić information content (AvgIpc) is 2.47. The Bertz CT molecular complexity index is 647. The molecule has 0 atom stereocenters. The molecule has 1 aromatic carbocycles. The number of nitrogens with zero attached hydrogens (tertiary/aromatic N) is 5. The van der Waals surface area contributed by atoms with Crippen LogP contribution >= 0.6 is 0 Å². The first-order chi connectivity index (χ1) is 10.5. The van der Waals surface area contributed by atoms with Crippen molar-refractivity contribution in [1.82, 2.24) is 15.0 Å². The van der Waals surface area contributed by atoms with Crippen LogP contribution < -0.4 is 10.3 Å². The molecule has 0 aliphatic heterocycles. The van der Waals surface area contributed by atoms with Gasteiger partial charge in [-0.2, -0.15) is 0 Å². The summed E-state index contributed by atoms with van der Waals surface area (Å²) in [6.45, 7) is 0.514. The van der Waals surface area contributed by atoms with E-state index in [0.29, 0.717) is 6.54 Å². The van der Waals surface area contributed by atoms with Gasteiger partial charge in [0.05, 0.1) is 4.92 Å². The molecule has 0 saturated carbocycles. The summed E-state index contributed by atoms with van der Waals surface area (Å²) in [7, 11) is 5.24. The highest BCUT2D eigenvalue weighted by Gasteiger charge is 2.25. The third kappa shape index (κ3) is 3.67. The Labute approximate surface area is 128 Å². The highest BCUT2D eigenvalue weighted by Crippen LogP contribution is 2.31. The van der Waals surface area contributed by atoms with E-state index in [-0.39, 0.29) is 17.3 Å². The van der Waals surface area contributed by atoms with Crippen molar-refractivity contribution in [3.05, 3.63) is 52.3 Å². The summed E-state index contributed by atoms with van der Waals surface area (Å²) in [6.07, 6.45) is 1.32. The monoisotopic (exact) mass is 302 g/mol. The van der Waals surface area contributed by atoms with Crippen LogP contribution in [-0.4, -0.2) is 41.0 Å². The van der Waals surface area contributed by atoms with Gasteiger partial charge in [0.25, 0.3) is 0 Å². The van der Waals surface area contributed by atoms with E-state index in [1.165, 1.54) is 6.33 Å². The lowest BCUT2D eigenvalue weighted by molar-refractivity contribution is -0.383. The number of rotatable bonds is 6. The van der Waals surface area contributed by atoms with Gasteiger partial charge in [-0.1, -0.05) is 30.3 Å². The molecular formula is C14H18N6O2. The van der Waals surface area contributed by atoms with Crippen LogP contribution in [0.1, 0.15) is 5.56 Å². The van der Waals surface area contributed by atoms with Crippen LogP contribution in [0.4, 0.5) is 17.3 Å². The molecular weight excluding hydrogens is 284 g/mol. The number of benzene rings is 1. The van der Waals surface area contributed by atoms with Gasteiger partial charge in [-0.05, 0) is 5.56 Å². The van der Waals surface area contributed by atoms with Crippen molar-refractivity contribution in [1.29, 1.82) is 0 Å². The average molecular weight is 302 g/mol. The molecule has 0 unspecified atom stereocenters. The quantitative estimate of drug-likeness (QED) is 0.644. The summed E-state index contributed by atoms with van der Waals surface area (Å²) in [5, 5.41) is 13.0. The molecule has 8 nitrogen and oxygen atoms in total. The second kappa shape index (κ2) is 6.81. The van der Waals surface area contributed by atoms with Gasteiger partial charge in [0.1, 0.15) is 6.33 Å². The predicted molar refractivity (Wildman–Crippen MR) is 84.5 cm³/mol. The zero-order valence-corrected chi connectivity index (χ0v) is 12.7. The van der Waals surface area contributed by atoms with Crippen LogP contribution in [0.5, 0.6) is 0 Å². The number of nitro groups is 1. The molecule has 22 heavy (non-hydrogen) atoms. The predicted octanol–water partition coefficient (Wildman–Crippen LogP) is 1.91. The highest BCUT2D eigenvalue weighted by atomic mass is 16.6. The Morgan fingerprint density at radius 2 is 1.86 bits per heavy atom. The van der Waals surface area contributed by atoms with Crippen molar-refractivity contribution in [2.45, 2.75) is 6.54 Å². The van der Waals surface area contributed by atoms with E-state index in [1.54, 1.807) is 31.1 Å². The molecule has 116 valence electrons. The van der Waals surface area contributed by atoms with Crippen molar-refractivity contribution in [3.8, 4) is 0 Å². The normalized spacial score (nSPS) is 10.5. The van der Waals surface area contributed by atoms with E-state index < -0.39 is 4.92 Å². The zero-order valence-electron chi connectivity index (χ0n) is 12.7. The molecule has 0 amide bonds. The SMILES string of the molecule is CN(C)Nc1ncnc(N(C)Cc2ccccc2)c1[N+](=O)[O-]. The van der Waals surface area contributed by atoms with Gasteiger partial charge in [0.2, 0.25) is 11.6 Å². The number of hydrazine groups is 1. The van der Waals surface area contributed by atoms with Crippen molar-refractivity contribution in [2.75, 3.05) is 31.5 Å². The second-order valence-corrected chi connectivity index (χ2v) is 5.00. The number of hydrogen-bond donors (Lipinski definition) is 1. The molecule has 1 heterocycles. The lowest BCUT2D eigenvalue weighted by atomic mass is 10.2. The highest BCUT2D eigenvalue weighted by molar-refractivity contribution is 5.69. The molecule has 0 saturated heterocycles. The molecule has 2 rings (SSSR count).